The zero-order chi connectivity index (χ0) is 18.3. The highest BCUT2D eigenvalue weighted by molar-refractivity contribution is 5.85. The number of nitrogens with one attached hydrogen (secondary N) is 1. The van der Waals surface area contributed by atoms with E-state index in [1.54, 1.807) is 0 Å². The lowest BCUT2D eigenvalue weighted by molar-refractivity contribution is -0.197. The SMILES string of the molecule is COC(=O)C1CC2(CC(NC(=O)C(F)(F)C3(O)CCCC3)CCO2)C1. The van der Waals surface area contributed by atoms with Gasteiger partial charge in [0.05, 0.1) is 18.6 Å². The Hall–Kier alpha value is -1.28. The quantitative estimate of drug-likeness (QED) is 0.742. The molecule has 6 nitrogen and oxygen atoms in total. The lowest BCUT2D eigenvalue weighted by Gasteiger charge is -2.50. The summed E-state index contributed by atoms with van der Waals surface area (Å²) in [7, 11) is 1.33. The molecule has 0 radical (unpaired) electrons. The van der Waals surface area contributed by atoms with Crippen LogP contribution in [0, 0.1) is 5.92 Å². The van der Waals surface area contributed by atoms with Gasteiger partial charge in [-0.1, -0.05) is 12.8 Å². The number of esters is 1. The molecule has 2 N–H and O–H groups in total. The molecule has 8 heteroatoms. The van der Waals surface area contributed by atoms with Gasteiger partial charge < -0.3 is 19.9 Å². The molecule has 3 aliphatic rings. The summed E-state index contributed by atoms with van der Waals surface area (Å²) >= 11 is 0. The van der Waals surface area contributed by atoms with Crippen molar-refractivity contribution in [1.29, 1.82) is 0 Å². The maximum atomic E-state index is 14.4. The molecule has 0 aromatic rings. The fourth-order valence-corrected chi connectivity index (χ4v) is 4.37. The molecule has 0 aromatic heterocycles. The summed E-state index contributed by atoms with van der Waals surface area (Å²) < 4.78 is 39.3. The van der Waals surface area contributed by atoms with Crippen molar-refractivity contribution in [3.8, 4) is 0 Å². The van der Waals surface area contributed by atoms with Gasteiger partial charge in [0.25, 0.3) is 5.91 Å². The van der Waals surface area contributed by atoms with Crippen molar-refractivity contribution in [3.05, 3.63) is 0 Å². The van der Waals surface area contributed by atoms with Gasteiger partial charge >= 0.3 is 11.9 Å². The molecule has 3 rings (SSSR count). The Bertz CT molecular complexity index is 541. The fraction of sp³-hybridized carbons (Fsp3) is 0.882. The van der Waals surface area contributed by atoms with Crippen molar-refractivity contribution in [2.45, 2.75) is 74.5 Å². The van der Waals surface area contributed by atoms with Crippen LogP contribution in [0.25, 0.3) is 0 Å². The molecule has 1 amide bonds. The predicted octanol–water partition coefficient (Wildman–Crippen LogP) is 1.54. The summed E-state index contributed by atoms with van der Waals surface area (Å²) in [6, 6.07) is -0.448. The summed E-state index contributed by atoms with van der Waals surface area (Å²) in [5.41, 5.74) is -2.79. The number of alkyl halides is 2. The number of hydrogen-bond acceptors (Lipinski definition) is 5. The zero-order valence-electron chi connectivity index (χ0n) is 14.4. The van der Waals surface area contributed by atoms with E-state index in [0.29, 0.717) is 45.1 Å². The predicted molar refractivity (Wildman–Crippen MR) is 83.0 cm³/mol. The number of amides is 1. The average molecular weight is 361 g/mol. The average Bonchev–Trinajstić information content (AvgIpc) is 3.00. The van der Waals surface area contributed by atoms with E-state index in [-0.39, 0.29) is 24.7 Å². The molecule has 1 atom stereocenters. The van der Waals surface area contributed by atoms with Crippen LogP contribution in [0.3, 0.4) is 0 Å². The van der Waals surface area contributed by atoms with Gasteiger partial charge in [0, 0.05) is 12.6 Å². The molecule has 0 bridgehead atoms. The second-order valence-electron chi connectivity index (χ2n) is 7.64. The Labute approximate surface area is 145 Å². The maximum absolute atomic E-state index is 14.4. The minimum atomic E-state index is -3.80. The van der Waals surface area contributed by atoms with Crippen molar-refractivity contribution in [3.63, 3.8) is 0 Å². The van der Waals surface area contributed by atoms with Gasteiger partial charge in [-0.3, -0.25) is 9.59 Å². The van der Waals surface area contributed by atoms with Crippen LogP contribution >= 0.6 is 0 Å². The van der Waals surface area contributed by atoms with Crippen LogP contribution in [0.1, 0.15) is 51.4 Å². The van der Waals surface area contributed by atoms with E-state index in [9.17, 15) is 23.5 Å². The number of halogens is 2. The zero-order valence-corrected chi connectivity index (χ0v) is 14.4. The van der Waals surface area contributed by atoms with Crippen molar-refractivity contribution in [2.75, 3.05) is 13.7 Å². The number of hydrogen-bond donors (Lipinski definition) is 2. The van der Waals surface area contributed by atoms with Crippen LogP contribution in [-0.4, -0.2) is 53.9 Å². The minimum Gasteiger partial charge on any atom is -0.469 e. The number of rotatable bonds is 4. The fourth-order valence-electron chi connectivity index (χ4n) is 4.37. The second-order valence-corrected chi connectivity index (χ2v) is 7.64. The van der Waals surface area contributed by atoms with E-state index >= 15 is 0 Å². The van der Waals surface area contributed by atoms with E-state index in [1.165, 1.54) is 7.11 Å². The third-order valence-electron chi connectivity index (χ3n) is 5.90. The lowest BCUT2D eigenvalue weighted by Crippen LogP contribution is -2.61. The molecule has 3 fully saturated rings. The maximum Gasteiger partial charge on any atom is 0.352 e. The molecule has 142 valence electrons. The summed E-state index contributed by atoms with van der Waals surface area (Å²) in [4.78, 5) is 23.6. The number of carbonyl (C=O) groups excluding carboxylic acids is 2. The van der Waals surface area contributed by atoms with Gasteiger partial charge in [0.1, 0.15) is 5.60 Å². The van der Waals surface area contributed by atoms with Crippen molar-refractivity contribution >= 4 is 11.9 Å². The van der Waals surface area contributed by atoms with Gasteiger partial charge in [0.15, 0.2) is 0 Å². The van der Waals surface area contributed by atoms with Gasteiger partial charge in [-0.05, 0) is 38.5 Å². The second kappa shape index (κ2) is 6.46. The van der Waals surface area contributed by atoms with Gasteiger partial charge in [-0.25, -0.2) is 0 Å². The Balaban J connectivity index is 1.58. The molecule has 2 saturated carbocycles. The highest BCUT2D eigenvalue weighted by atomic mass is 19.3. The Morgan fingerprint density at radius 3 is 2.48 bits per heavy atom. The van der Waals surface area contributed by atoms with E-state index in [4.69, 9.17) is 9.47 Å². The standard InChI is InChI=1S/C17H25F2NO5/c1-24-13(21)11-8-15(9-11)10-12(4-7-25-15)20-14(22)17(18,19)16(23)5-2-3-6-16/h11-12,23H,2-10H2,1H3,(H,20,22). The van der Waals surface area contributed by atoms with Crippen LogP contribution in [-0.2, 0) is 19.1 Å². The first-order valence-corrected chi connectivity index (χ1v) is 8.84. The number of ether oxygens (including phenoxy) is 2. The lowest BCUT2D eigenvalue weighted by atomic mass is 9.66. The topological polar surface area (TPSA) is 84.9 Å². The molecule has 1 unspecified atom stereocenters. The Kier molecular flexibility index (Phi) is 4.79. The molecule has 2 aliphatic carbocycles. The summed E-state index contributed by atoms with van der Waals surface area (Å²) in [6.45, 7) is 0.342. The number of carbonyl (C=O) groups is 2. The van der Waals surface area contributed by atoms with Crippen molar-refractivity contribution in [1.82, 2.24) is 5.32 Å². The van der Waals surface area contributed by atoms with Crippen LogP contribution < -0.4 is 5.32 Å². The number of aliphatic hydroxyl groups is 1. The molecular formula is C17H25F2NO5. The van der Waals surface area contributed by atoms with Gasteiger partial charge in [-0.15, -0.1) is 0 Å². The van der Waals surface area contributed by atoms with Crippen LogP contribution in [0.2, 0.25) is 0 Å². The molecule has 1 heterocycles. The van der Waals surface area contributed by atoms with E-state index < -0.39 is 29.1 Å². The molecular weight excluding hydrogens is 336 g/mol. The van der Waals surface area contributed by atoms with E-state index in [2.05, 4.69) is 5.32 Å². The third-order valence-corrected chi connectivity index (χ3v) is 5.90. The van der Waals surface area contributed by atoms with Gasteiger partial charge in [0.2, 0.25) is 0 Å². The Morgan fingerprint density at radius 2 is 1.88 bits per heavy atom. The smallest absolute Gasteiger partial charge is 0.352 e. The molecule has 25 heavy (non-hydrogen) atoms. The first-order valence-electron chi connectivity index (χ1n) is 8.84. The van der Waals surface area contributed by atoms with Gasteiger partial charge in [-0.2, -0.15) is 8.78 Å². The minimum absolute atomic E-state index is 0.0635. The first kappa shape index (κ1) is 18.5. The molecule has 0 aromatic carbocycles. The van der Waals surface area contributed by atoms with E-state index in [0.717, 1.165) is 0 Å². The van der Waals surface area contributed by atoms with Crippen LogP contribution in [0.15, 0.2) is 0 Å². The highest BCUT2D eigenvalue weighted by Crippen LogP contribution is 2.47. The van der Waals surface area contributed by atoms with Crippen molar-refractivity contribution in [2.24, 2.45) is 5.92 Å². The normalized spacial score (nSPS) is 34.4. The largest absolute Gasteiger partial charge is 0.469 e. The molecule has 1 spiro atoms. The summed E-state index contributed by atoms with van der Waals surface area (Å²) in [6.07, 6.45) is 2.64. The molecule has 1 saturated heterocycles. The monoisotopic (exact) mass is 361 g/mol. The first-order chi connectivity index (χ1) is 11.7. The van der Waals surface area contributed by atoms with Crippen LogP contribution in [0.4, 0.5) is 8.78 Å². The Morgan fingerprint density at radius 1 is 1.24 bits per heavy atom. The molecule has 1 aliphatic heterocycles. The summed E-state index contributed by atoms with van der Waals surface area (Å²) in [5, 5.41) is 12.5. The van der Waals surface area contributed by atoms with Crippen molar-refractivity contribution < 1.29 is 33.0 Å². The van der Waals surface area contributed by atoms with E-state index in [1.807, 2.05) is 0 Å². The summed E-state index contributed by atoms with van der Waals surface area (Å²) in [5.74, 6) is -5.75. The highest BCUT2D eigenvalue weighted by Gasteiger charge is 2.60. The third kappa shape index (κ3) is 3.26. The van der Waals surface area contributed by atoms with Crippen LogP contribution in [0.5, 0.6) is 0 Å². The number of methoxy groups -OCH3 is 1.